The van der Waals surface area contributed by atoms with Crippen molar-refractivity contribution < 1.29 is 4.92 Å². The molecule has 0 spiro atoms. The first-order valence-electron chi connectivity index (χ1n) is 5.36. The Kier molecular flexibility index (Phi) is 2.97. The first-order valence-corrected chi connectivity index (χ1v) is 5.36. The maximum atomic E-state index is 10.9. The number of hydrogen-bond acceptors (Lipinski definition) is 5. The molecule has 2 aromatic heterocycles. The lowest BCUT2D eigenvalue weighted by atomic mass is 10.3. The summed E-state index contributed by atoms with van der Waals surface area (Å²) in [5.41, 5.74) is 2.13. The van der Waals surface area contributed by atoms with Crippen LogP contribution in [0, 0.1) is 24.0 Å². The Morgan fingerprint density at radius 3 is 2.67 bits per heavy atom. The van der Waals surface area contributed by atoms with Crippen LogP contribution in [0.4, 0.5) is 17.2 Å². The van der Waals surface area contributed by atoms with Gasteiger partial charge in [-0.15, -0.1) is 0 Å². The Hall–Kier alpha value is -2.44. The fraction of sp³-hybridized carbons (Fsp3) is 0.273. The van der Waals surface area contributed by atoms with Crippen molar-refractivity contribution in [3.05, 3.63) is 39.8 Å². The molecule has 2 aromatic rings. The molecule has 94 valence electrons. The van der Waals surface area contributed by atoms with Gasteiger partial charge in [0.25, 0.3) is 0 Å². The van der Waals surface area contributed by atoms with Crippen LogP contribution < -0.4 is 5.32 Å². The molecule has 2 heterocycles. The molecule has 0 bridgehead atoms. The van der Waals surface area contributed by atoms with Gasteiger partial charge in [-0.2, -0.15) is 5.10 Å². The number of hydrogen-bond donors (Lipinski definition) is 1. The third-order valence-corrected chi connectivity index (χ3v) is 2.48. The molecule has 2 rings (SSSR count). The fourth-order valence-electron chi connectivity index (χ4n) is 1.64. The Morgan fingerprint density at radius 1 is 1.39 bits per heavy atom. The van der Waals surface area contributed by atoms with Crippen LogP contribution in [0.1, 0.15) is 11.4 Å². The Morgan fingerprint density at radius 2 is 2.11 bits per heavy atom. The van der Waals surface area contributed by atoms with Crippen molar-refractivity contribution in [2.45, 2.75) is 13.8 Å². The number of pyridine rings is 1. The van der Waals surface area contributed by atoms with Gasteiger partial charge >= 0.3 is 5.69 Å². The topological polar surface area (TPSA) is 85.9 Å². The number of nitrogens with zero attached hydrogens (tertiary/aromatic N) is 4. The van der Waals surface area contributed by atoms with Gasteiger partial charge in [-0.05, 0) is 19.9 Å². The van der Waals surface area contributed by atoms with E-state index in [9.17, 15) is 10.1 Å². The Bertz CT molecular complexity index is 605. The molecule has 1 N–H and O–H groups in total. The average Bonchev–Trinajstić information content (AvgIpc) is 2.57. The van der Waals surface area contributed by atoms with Gasteiger partial charge in [0.05, 0.1) is 16.3 Å². The monoisotopic (exact) mass is 247 g/mol. The molecule has 0 aliphatic rings. The van der Waals surface area contributed by atoms with Crippen molar-refractivity contribution in [2.24, 2.45) is 7.05 Å². The molecule has 0 aromatic carbocycles. The minimum Gasteiger partial charge on any atom is -0.332 e. The van der Waals surface area contributed by atoms with Crippen LogP contribution in [0.25, 0.3) is 0 Å². The lowest BCUT2D eigenvalue weighted by Gasteiger charge is -2.05. The normalized spacial score (nSPS) is 10.4. The summed E-state index contributed by atoms with van der Waals surface area (Å²) in [6, 6.07) is 3.05. The molecule has 0 saturated carbocycles. The van der Waals surface area contributed by atoms with Gasteiger partial charge in [-0.1, -0.05) is 0 Å². The predicted octanol–water partition coefficient (Wildman–Crippen LogP) is 2.08. The molecule has 0 radical (unpaired) electrons. The van der Waals surface area contributed by atoms with Crippen molar-refractivity contribution in [3.63, 3.8) is 0 Å². The summed E-state index contributed by atoms with van der Waals surface area (Å²) >= 11 is 0. The lowest BCUT2D eigenvalue weighted by molar-refractivity contribution is -0.384. The van der Waals surface area contributed by atoms with Gasteiger partial charge in [-0.3, -0.25) is 14.8 Å². The summed E-state index contributed by atoms with van der Waals surface area (Å²) in [7, 11) is 1.79. The average molecular weight is 247 g/mol. The van der Waals surface area contributed by atoms with E-state index < -0.39 is 4.92 Å². The molecule has 0 fully saturated rings. The second-order valence-electron chi connectivity index (χ2n) is 4.00. The fourth-order valence-corrected chi connectivity index (χ4v) is 1.64. The summed E-state index contributed by atoms with van der Waals surface area (Å²) < 4.78 is 1.64. The third-order valence-electron chi connectivity index (χ3n) is 2.48. The molecule has 0 aliphatic heterocycles. The molecule has 0 atom stereocenters. The summed E-state index contributed by atoms with van der Waals surface area (Å²) in [4.78, 5) is 14.6. The van der Waals surface area contributed by atoms with Crippen LogP contribution in [0.5, 0.6) is 0 Å². The molecule has 7 heteroatoms. The minimum atomic E-state index is -0.458. The summed E-state index contributed by atoms with van der Waals surface area (Å²) in [5.74, 6) is 0.233. The molecule has 0 unspecified atom stereocenters. The van der Waals surface area contributed by atoms with Gasteiger partial charge in [-0.25, -0.2) is 4.98 Å². The van der Waals surface area contributed by atoms with E-state index in [1.54, 1.807) is 30.9 Å². The van der Waals surface area contributed by atoms with Crippen LogP contribution in [-0.2, 0) is 7.05 Å². The van der Waals surface area contributed by atoms with E-state index in [4.69, 9.17) is 0 Å². The largest absolute Gasteiger partial charge is 0.332 e. The number of rotatable bonds is 3. The van der Waals surface area contributed by atoms with E-state index in [1.807, 2.05) is 6.92 Å². The zero-order chi connectivity index (χ0) is 13.3. The van der Waals surface area contributed by atoms with E-state index in [0.717, 1.165) is 5.69 Å². The number of nitro groups is 1. The van der Waals surface area contributed by atoms with E-state index in [1.165, 1.54) is 6.07 Å². The summed E-state index contributed by atoms with van der Waals surface area (Å²) in [5, 5.41) is 18.0. The molecule has 0 amide bonds. The number of aromatic nitrogens is 3. The molecule has 0 saturated heterocycles. The Labute approximate surface area is 104 Å². The number of nitrogens with one attached hydrogen (secondary N) is 1. The van der Waals surface area contributed by atoms with Gasteiger partial charge in [0.15, 0.2) is 0 Å². The highest BCUT2D eigenvalue weighted by atomic mass is 16.6. The molecule has 18 heavy (non-hydrogen) atoms. The minimum absolute atomic E-state index is 0.0520. The van der Waals surface area contributed by atoms with E-state index >= 15 is 0 Å². The SMILES string of the molecule is Cc1ccc([N+](=O)[O-])c(Nc2cn(C)nc2C)n1. The second kappa shape index (κ2) is 4.44. The zero-order valence-corrected chi connectivity index (χ0v) is 10.3. The molecule has 0 aliphatic carbocycles. The maximum absolute atomic E-state index is 10.9. The Balaban J connectivity index is 2.42. The van der Waals surface area contributed by atoms with Crippen LogP contribution in [0.3, 0.4) is 0 Å². The van der Waals surface area contributed by atoms with Crippen LogP contribution in [0.2, 0.25) is 0 Å². The van der Waals surface area contributed by atoms with E-state index in [-0.39, 0.29) is 11.5 Å². The number of aryl methyl sites for hydroxylation is 3. The van der Waals surface area contributed by atoms with Gasteiger partial charge in [0, 0.05) is 25.0 Å². The zero-order valence-electron chi connectivity index (χ0n) is 10.3. The predicted molar refractivity (Wildman–Crippen MR) is 66.9 cm³/mol. The van der Waals surface area contributed by atoms with Gasteiger partial charge in [0.1, 0.15) is 0 Å². The highest BCUT2D eigenvalue weighted by molar-refractivity contribution is 5.66. The van der Waals surface area contributed by atoms with Gasteiger partial charge < -0.3 is 5.32 Å². The van der Waals surface area contributed by atoms with E-state index in [2.05, 4.69) is 15.4 Å². The van der Waals surface area contributed by atoms with Crippen molar-refractivity contribution in [2.75, 3.05) is 5.32 Å². The smallest absolute Gasteiger partial charge is 0.311 e. The summed E-state index contributed by atoms with van der Waals surface area (Å²) in [6.45, 7) is 3.61. The maximum Gasteiger partial charge on any atom is 0.311 e. The molecular formula is C11H13N5O2. The highest BCUT2D eigenvalue weighted by Crippen LogP contribution is 2.26. The van der Waals surface area contributed by atoms with Crippen molar-refractivity contribution in [1.82, 2.24) is 14.8 Å². The second-order valence-corrected chi connectivity index (χ2v) is 4.00. The molecular weight excluding hydrogens is 234 g/mol. The molecule has 7 nitrogen and oxygen atoms in total. The first kappa shape index (κ1) is 12.0. The third kappa shape index (κ3) is 2.29. The van der Waals surface area contributed by atoms with Crippen LogP contribution >= 0.6 is 0 Å². The summed E-state index contributed by atoms with van der Waals surface area (Å²) in [6.07, 6.45) is 1.75. The standard InChI is InChI=1S/C11H13N5O2/c1-7-4-5-10(16(17)18)11(12-7)13-9-6-15(3)14-8(9)2/h4-6H,1-3H3,(H,12,13). The van der Waals surface area contributed by atoms with Crippen molar-refractivity contribution in [3.8, 4) is 0 Å². The highest BCUT2D eigenvalue weighted by Gasteiger charge is 2.16. The number of anilines is 2. The van der Waals surface area contributed by atoms with Crippen LogP contribution in [0.15, 0.2) is 18.3 Å². The van der Waals surface area contributed by atoms with Crippen molar-refractivity contribution >= 4 is 17.2 Å². The van der Waals surface area contributed by atoms with Crippen molar-refractivity contribution in [1.29, 1.82) is 0 Å². The van der Waals surface area contributed by atoms with E-state index in [0.29, 0.717) is 11.4 Å². The first-order chi connectivity index (χ1) is 8.47. The van der Waals surface area contributed by atoms with Gasteiger partial charge in [0.2, 0.25) is 5.82 Å². The van der Waals surface area contributed by atoms with Crippen LogP contribution in [-0.4, -0.2) is 19.7 Å². The lowest BCUT2D eigenvalue weighted by Crippen LogP contribution is -2.01. The quantitative estimate of drug-likeness (QED) is 0.663.